The van der Waals surface area contributed by atoms with E-state index >= 15 is 0 Å². The van der Waals surface area contributed by atoms with E-state index in [9.17, 15) is 13.2 Å². The first-order chi connectivity index (χ1) is 9.38. The number of nitrogens with zero attached hydrogens (tertiary/aromatic N) is 1. The smallest absolute Gasteiger partial charge is 0.385 e. The molecule has 1 aromatic carbocycles. The van der Waals surface area contributed by atoms with E-state index in [1.165, 1.54) is 0 Å². The Hall–Kier alpha value is -1.60. The highest BCUT2D eigenvalue weighted by atomic mass is 32.2. The molecule has 110 valence electrons. The maximum Gasteiger partial charge on any atom is 0.385 e. The molecule has 1 heterocycles. The predicted molar refractivity (Wildman–Crippen MR) is 72.7 cm³/mol. The van der Waals surface area contributed by atoms with Gasteiger partial charge in [0.15, 0.2) is 0 Å². The molecule has 1 unspecified atom stereocenters. The third-order valence-electron chi connectivity index (χ3n) is 3.27. The summed E-state index contributed by atoms with van der Waals surface area (Å²) in [7, 11) is -3.95. The normalized spacial score (nSPS) is 20.6. The number of aryl methyl sites for hydroxylation is 1. The molecule has 0 aliphatic carbocycles. The van der Waals surface area contributed by atoms with Crippen molar-refractivity contribution >= 4 is 16.3 Å². The Balaban J connectivity index is 2.09. The fraction of sp³-hybridized carbons (Fsp3) is 0.462. The lowest BCUT2D eigenvalue weighted by molar-refractivity contribution is -0.142. The number of piperidine rings is 1. The molecule has 7 heteroatoms. The van der Waals surface area contributed by atoms with Gasteiger partial charge in [-0.2, -0.15) is 12.7 Å². The lowest BCUT2D eigenvalue weighted by Crippen LogP contribution is -2.44. The second-order valence-electron chi connectivity index (χ2n) is 4.89. The van der Waals surface area contributed by atoms with Gasteiger partial charge >= 0.3 is 16.3 Å². The summed E-state index contributed by atoms with van der Waals surface area (Å²) >= 11 is 0. The van der Waals surface area contributed by atoms with E-state index in [4.69, 9.17) is 9.29 Å². The van der Waals surface area contributed by atoms with Gasteiger partial charge in [0, 0.05) is 13.1 Å². The maximum absolute atomic E-state index is 12.1. The molecule has 1 aliphatic heterocycles. The van der Waals surface area contributed by atoms with Crippen molar-refractivity contribution in [3.63, 3.8) is 0 Å². The Morgan fingerprint density at radius 1 is 1.35 bits per heavy atom. The number of hydrogen-bond donors (Lipinski definition) is 1. The Kier molecular flexibility index (Phi) is 4.29. The number of aliphatic carboxylic acids is 1. The molecular formula is C13H17NO5S. The number of carboxylic acid groups (broad SMARTS) is 1. The summed E-state index contributed by atoms with van der Waals surface area (Å²) in [5, 5.41) is 8.98. The molecule has 1 aromatic rings. The summed E-state index contributed by atoms with van der Waals surface area (Å²) in [5.74, 6) is -1.41. The molecular weight excluding hydrogens is 282 g/mol. The zero-order valence-corrected chi connectivity index (χ0v) is 12.0. The highest BCUT2D eigenvalue weighted by Gasteiger charge is 2.33. The molecule has 20 heavy (non-hydrogen) atoms. The minimum Gasteiger partial charge on any atom is -0.481 e. The summed E-state index contributed by atoms with van der Waals surface area (Å²) in [6.07, 6.45) is 1.01. The molecule has 1 N–H and O–H groups in total. The quantitative estimate of drug-likeness (QED) is 0.909. The fourth-order valence-corrected chi connectivity index (χ4v) is 3.29. The van der Waals surface area contributed by atoms with Crippen molar-refractivity contribution in [2.24, 2.45) is 5.92 Å². The van der Waals surface area contributed by atoms with Crippen LogP contribution >= 0.6 is 0 Å². The number of benzene rings is 1. The fourth-order valence-electron chi connectivity index (χ4n) is 2.12. The molecule has 0 spiro atoms. The van der Waals surface area contributed by atoms with Crippen LogP contribution in [0.1, 0.15) is 18.4 Å². The van der Waals surface area contributed by atoms with Crippen molar-refractivity contribution in [1.29, 1.82) is 0 Å². The second-order valence-corrected chi connectivity index (χ2v) is 6.43. The van der Waals surface area contributed by atoms with Crippen LogP contribution in [0.15, 0.2) is 24.3 Å². The van der Waals surface area contributed by atoms with Crippen molar-refractivity contribution in [2.75, 3.05) is 13.1 Å². The van der Waals surface area contributed by atoms with Crippen molar-refractivity contribution in [1.82, 2.24) is 4.31 Å². The first kappa shape index (κ1) is 14.8. The monoisotopic (exact) mass is 299 g/mol. The van der Waals surface area contributed by atoms with E-state index in [2.05, 4.69) is 0 Å². The van der Waals surface area contributed by atoms with Crippen LogP contribution in [0.3, 0.4) is 0 Å². The second kappa shape index (κ2) is 5.80. The third kappa shape index (κ3) is 3.49. The van der Waals surface area contributed by atoms with Crippen LogP contribution in [0.4, 0.5) is 0 Å². The Morgan fingerprint density at radius 2 is 2.00 bits per heavy atom. The minimum absolute atomic E-state index is 0.0382. The zero-order valence-electron chi connectivity index (χ0n) is 11.2. The van der Waals surface area contributed by atoms with Gasteiger partial charge in [-0.1, -0.05) is 17.7 Å². The van der Waals surface area contributed by atoms with E-state index in [0.717, 1.165) is 9.87 Å². The standard InChI is InChI=1S/C13H17NO5S/c1-10-4-6-12(7-5-10)19-20(17,18)14-8-2-3-11(9-14)13(15)16/h4-7,11H,2-3,8-9H2,1H3,(H,15,16). The van der Waals surface area contributed by atoms with Gasteiger partial charge in [-0.3, -0.25) is 4.79 Å². The molecule has 0 aromatic heterocycles. The summed E-state index contributed by atoms with van der Waals surface area (Å²) in [4.78, 5) is 11.0. The predicted octanol–water partition coefficient (Wildman–Crippen LogP) is 1.42. The van der Waals surface area contributed by atoms with E-state index in [0.29, 0.717) is 12.8 Å². The molecule has 0 saturated carbocycles. The van der Waals surface area contributed by atoms with Gasteiger partial charge < -0.3 is 9.29 Å². The van der Waals surface area contributed by atoms with E-state index in [1.54, 1.807) is 24.3 Å². The average molecular weight is 299 g/mol. The van der Waals surface area contributed by atoms with Gasteiger partial charge in [-0.15, -0.1) is 0 Å². The van der Waals surface area contributed by atoms with E-state index < -0.39 is 22.2 Å². The van der Waals surface area contributed by atoms with Gasteiger partial charge in [0.2, 0.25) is 0 Å². The van der Waals surface area contributed by atoms with Gasteiger partial charge in [0.25, 0.3) is 0 Å². The lowest BCUT2D eigenvalue weighted by atomic mass is 10.0. The van der Waals surface area contributed by atoms with Gasteiger partial charge in [-0.05, 0) is 31.9 Å². The number of hydrogen-bond acceptors (Lipinski definition) is 4. The minimum atomic E-state index is -3.95. The van der Waals surface area contributed by atoms with Gasteiger partial charge in [0.05, 0.1) is 5.92 Å². The first-order valence-corrected chi connectivity index (χ1v) is 7.74. The van der Waals surface area contributed by atoms with E-state index in [-0.39, 0.29) is 18.8 Å². The molecule has 2 rings (SSSR count). The zero-order chi connectivity index (χ0) is 14.8. The summed E-state index contributed by atoms with van der Waals surface area (Å²) < 4.78 is 30.4. The summed E-state index contributed by atoms with van der Waals surface area (Å²) in [6.45, 7) is 2.14. The summed E-state index contributed by atoms with van der Waals surface area (Å²) in [6, 6.07) is 6.65. The van der Waals surface area contributed by atoms with Crippen molar-refractivity contribution in [3.05, 3.63) is 29.8 Å². The van der Waals surface area contributed by atoms with Gasteiger partial charge in [-0.25, -0.2) is 0 Å². The van der Waals surface area contributed by atoms with E-state index in [1.807, 2.05) is 6.92 Å². The molecule has 1 saturated heterocycles. The van der Waals surface area contributed by atoms with Crippen molar-refractivity contribution < 1.29 is 22.5 Å². The average Bonchev–Trinajstić information content (AvgIpc) is 2.41. The lowest BCUT2D eigenvalue weighted by Gasteiger charge is -2.28. The topological polar surface area (TPSA) is 83.9 Å². The molecule has 0 bridgehead atoms. The Morgan fingerprint density at radius 3 is 2.60 bits per heavy atom. The number of carbonyl (C=O) groups is 1. The summed E-state index contributed by atoms with van der Waals surface area (Å²) in [5.41, 5.74) is 0.999. The Labute approximate surface area is 118 Å². The van der Waals surface area contributed by atoms with Crippen LogP contribution in [-0.2, 0) is 15.1 Å². The largest absolute Gasteiger partial charge is 0.481 e. The number of rotatable bonds is 4. The van der Waals surface area contributed by atoms with Crippen LogP contribution in [-0.4, -0.2) is 36.9 Å². The van der Waals surface area contributed by atoms with Crippen LogP contribution < -0.4 is 4.18 Å². The molecule has 6 nitrogen and oxygen atoms in total. The molecule has 0 radical (unpaired) electrons. The van der Waals surface area contributed by atoms with Crippen LogP contribution in [0.25, 0.3) is 0 Å². The maximum atomic E-state index is 12.1. The number of carboxylic acids is 1. The SMILES string of the molecule is Cc1ccc(OS(=O)(=O)N2CCCC(C(=O)O)C2)cc1. The highest BCUT2D eigenvalue weighted by Crippen LogP contribution is 2.22. The highest BCUT2D eigenvalue weighted by molar-refractivity contribution is 7.84. The van der Waals surface area contributed by atoms with Gasteiger partial charge in [0.1, 0.15) is 5.75 Å². The van der Waals surface area contributed by atoms with Crippen LogP contribution in [0.2, 0.25) is 0 Å². The molecule has 1 atom stereocenters. The Bertz CT molecular complexity index is 581. The first-order valence-electron chi connectivity index (χ1n) is 6.37. The van der Waals surface area contributed by atoms with Crippen LogP contribution in [0, 0.1) is 12.8 Å². The molecule has 1 fully saturated rings. The third-order valence-corrected chi connectivity index (χ3v) is 4.64. The van der Waals surface area contributed by atoms with Crippen molar-refractivity contribution in [3.8, 4) is 5.75 Å². The molecule has 1 aliphatic rings. The van der Waals surface area contributed by atoms with Crippen LogP contribution in [0.5, 0.6) is 5.75 Å². The molecule has 0 amide bonds. The van der Waals surface area contributed by atoms with Crippen molar-refractivity contribution in [2.45, 2.75) is 19.8 Å².